The molecule has 1 unspecified atom stereocenters. The number of hydrazone groups is 1. The largest absolute Gasteiger partial charge is 0.277 e. The zero-order chi connectivity index (χ0) is 8.39. The summed E-state index contributed by atoms with van der Waals surface area (Å²) in [5.41, 5.74) is 1.76. The zero-order valence-corrected chi connectivity index (χ0v) is 7.07. The van der Waals surface area contributed by atoms with E-state index in [2.05, 4.69) is 10.1 Å². The Morgan fingerprint density at radius 3 is 3.33 bits per heavy atom. The van der Waals surface area contributed by atoms with Crippen LogP contribution in [0, 0.1) is 0 Å². The molecule has 12 heavy (non-hydrogen) atoms. The molecule has 1 aliphatic rings. The second-order valence-electron chi connectivity index (χ2n) is 2.44. The molecule has 5 heteroatoms. The standard InChI is InChI=1S/C7H7N3OS/c11-5-10-6(1-2-9-10)7-3-8-4-12-7/h2-6H,1H2. The first-order chi connectivity index (χ1) is 5.92. The van der Waals surface area contributed by atoms with Crippen LogP contribution in [0.3, 0.4) is 0 Å². The van der Waals surface area contributed by atoms with E-state index in [1.54, 1.807) is 29.3 Å². The van der Waals surface area contributed by atoms with E-state index in [9.17, 15) is 4.79 Å². The van der Waals surface area contributed by atoms with Crippen molar-refractivity contribution in [3.63, 3.8) is 0 Å². The Morgan fingerprint density at radius 2 is 2.67 bits per heavy atom. The SMILES string of the molecule is O=CN1N=CCC1c1cncs1. The summed E-state index contributed by atoms with van der Waals surface area (Å²) in [7, 11) is 0. The van der Waals surface area contributed by atoms with Crippen molar-refractivity contribution in [1.82, 2.24) is 9.99 Å². The van der Waals surface area contributed by atoms with Gasteiger partial charge in [-0.3, -0.25) is 9.78 Å². The molecular formula is C7H7N3OS. The predicted octanol–water partition coefficient (Wildman–Crippen LogP) is 1.03. The minimum absolute atomic E-state index is 0.0787. The van der Waals surface area contributed by atoms with Gasteiger partial charge in [-0.2, -0.15) is 5.10 Å². The van der Waals surface area contributed by atoms with Gasteiger partial charge in [0.25, 0.3) is 0 Å². The highest BCUT2D eigenvalue weighted by Gasteiger charge is 2.22. The number of hydrogen-bond acceptors (Lipinski definition) is 4. The molecule has 0 fully saturated rings. The summed E-state index contributed by atoms with van der Waals surface area (Å²) in [6, 6.07) is 0.0787. The van der Waals surface area contributed by atoms with Gasteiger partial charge in [0.1, 0.15) is 0 Å². The van der Waals surface area contributed by atoms with Crippen molar-refractivity contribution < 1.29 is 4.79 Å². The summed E-state index contributed by atoms with van der Waals surface area (Å²) < 4.78 is 0. The number of carbonyl (C=O) groups excluding carboxylic acids is 1. The van der Waals surface area contributed by atoms with Gasteiger partial charge in [0.2, 0.25) is 6.41 Å². The molecule has 0 saturated heterocycles. The Bertz CT molecular complexity index is 296. The van der Waals surface area contributed by atoms with Crippen LogP contribution in [0.4, 0.5) is 0 Å². The van der Waals surface area contributed by atoms with Crippen molar-refractivity contribution in [3.05, 3.63) is 16.6 Å². The van der Waals surface area contributed by atoms with Crippen LogP contribution in [-0.4, -0.2) is 22.6 Å². The van der Waals surface area contributed by atoms with Gasteiger partial charge < -0.3 is 0 Å². The Hall–Kier alpha value is -1.23. The van der Waals surface area contributed by atoms with E-state index in [0.717, 1.165) is 17.7 Å². The minimum Gasteiger partial charge on any atom is -0.277 e. The van der Waals surface area contributed by atoms with Crippen molar-refractivity contribution in [2.24, 2.45) is 5.10 Å². The first kappa shape index (κ1) is 7.42. The monoisotopic (exact) mass is 181 g/mol. The molecule has 62 valence electrons. The van der Waals surface area contributed by atoms with Crippen molar-refractivity contribution >= 4 is 24.0 Å². The summed E-state index contributed by atoms with van der Waals surface area (Å²) in [5.74, 6) is 0. The van der Waals surface area contributed by atoms with Gasteiger partial charge in [0.15, 0.2) is 0 Å². The molecule has 2 heterocycles. The van der Waals surface area contributed by atoms with Crippen molar-refractivity contribution in [3.8, 4) is 0 Å². The predicted molar refractivity (Wildman–Crippen MR) is 45.9 cm³/mol. The maximum absolute atomic E-state index is 10.5. The van der Waals surface area contributed by atoms with Crippen LogP contribution < -0.4 is 0 Å². The fourth-order valence-electron chi connectivity index (χ4n) is 1.17. The molecule has 1 aromatic heterocycles. The lowest BCUT2D eigenvalue weighted by molar-refractivity contribution is -0.119. The maximum atomic E-state index is 10.5. The van der Waals surface area contributed by atoms with E-state index in [1.165, 1.54) is 5.01 Å². The molecule has 1 atom stereocenters. The third-order valence-electron chi connectivity index (χ3n) is 1.75. The number of carbonyl (C=O) groups is 1. The average molecular weight is 181 g/mol. The van der Waals surface area contributed by atoms with Gasteiger partial charge in [-0.15, -0.1) is 11.3 Å². The van der Waals surface area contributed by atoms with E-state index in [-0.39, 0.29) is 6.04 Å². The Labute approximate surface area is 73.5 Å². The third kappa shape index (κ3) is 1.12. The Kier molecular flexibility index (Phi) is 1.87. The molecule has 0 bridgehead atoms. The van der Waals surface area contributed by atoms with E-state index >= 15 is 0 Å². The van der Waals surface area contributed by atoms with E-state index in [4.69, 9.17) is 0 Å². The van der Waals surface area contributed by atoms with Crippen LogP contribution in [0.15, 0.2) is 16.8 Å². The second kappa shape index (κ2) is 3.02. The van der Waals surface area contributed by atoms with Crippen molar-refractivity contribution in [2.75, 3.05) is 0 Å². The highest BCUT2D eigenvalue weighted by Crippen LogP contribution is 2.28. The Morgan fingerprint density at radius 1 is 1.75 bits per heavy atom. The average Bonchev–Trinajstić information content (AvgIpc) is 2.74. The first-order valence-electron chi connectivity index (χ1n) is 3.56. The van der Waals surface area contributed by atoms with Gasteiger partial charge in [-0.05, 0) is 0 Å². The van der Waals surface area contributed by atoms with Gasteiger partial charge in [0.05, 0.1) is 11.6 Å². The fraction of sp³-hybridized carbons (Fsp3) is 0.286. The number of hydrogen-bond donors (Lipinski definition) is 0. The van der Waals surface area contributed by atoms with Gasteiger partial charge >= 0.3 is 0 Å². The number of amides is 1. The van der Waals surface area contributed by atoms with Crippen LogP contribution in [0.1, 0.15) is 17.3 Å². The summed E-state index contributed by atoms with van der Waals surface area (Å²) >= 11 is 1.55. The number of thiazole rings is 1. The van der Waals surface area contributed by atoms with Crippen molar-refractivity contribution in [1.29, 1.82) is 0 Å². The van der Waals surface area contributed by atoms with Crippen LogP contribution >= 0.6 is 11.3 Å². The highest BCUT2D eigenvalue weighted by atomic mass is 32.1. The number of rotatable bonds is 2. The van der Waals surface area contributed by atoms with Gasteiger partial charge in [-0.25, -0.2) is 5.01 Å². The smallest absolute Gasteiger partial charge is 0.230 e. The molecule has 0 aromatic carbocycles. The molecule has 4 nitrogen and oxygen atoms in total. The zero-order valence-electron chi connectivity index (χ0n) is 6.25. The van der Waals surface area contributed by atoms with E-state index in [0.29, 0.717) is 0 Å². The minimum atomic E-state index is 0.0787. The van der Waals surface area contributed by atoms with Crippen LogP contribution in [0.5, 0.6) is 0 Å². The third-order valence-corrected chi connectivity index (χ3v) is 2.63. The van der Waals surface area contributed by atoms with E-state index < -0.39 is 0 Å². The fourth-order valence-corrected chi connectivity index (χ4v) is 1.89. The summed E-state index contributed by atoms with van der Waals surface area (Å²) in [6.07, 6.45) is 5.06. The lowest BCUT2D eigenvalue weighted by Gasteiger charge is -2.14. The van der Waals surface area contributed by atoms with Gasteiger partial charge in [0, 0.05) is 23.7 Å². The summed E-state index contributed by atoms with van der Waals surface area (Å²) in [4.78, 5) is 15.5. The lowest BCUT2D eigenvalue weighted by Crippen LogP contribution is -2.16. The highest BCUT2D eigenvalue weighted by molar-refractivity contribution is 7.09. The Balaban J connectivity index is 2.21. The molecule has 0 saturated carbocycles. The quantitative estimate of drug-likeness (QED) is 0.640. The normalized spacial score (nSPS) is 21.7. The summed E-state index contributed by atoms with van der Waals surface area (Å²) in [5, 5.41) is 5.33. The second-order valence-corrected chi connectivity index (χ2v) is 3.36. The van der Waals surface area contributed by atoms with E-state index in [1.807, 2.05) is 0 Å². The van der Waals surface area contributed by atoms with Crippen molar-refractivity contribution in [2.45, 2.75) is 12.5 Å². The first-order valence-corrected chi connectivity index (χ1v) is 4.44. The molecule has 0 spiro atoms. The molecule has 0 aliphatic carbocycles. The number of aromatic nitrogens is 1. The molecule has 2 rings (SSSR count). The molecule has 0 N–H and O–H groups in total. The van der Waals surface area contributed by atoms with Crippen LogP contribution in [0.2, 0.25) is 0 Å². The molecule has 1 aromatic rings. The topological polar surface area (TPSA) is 45.6 Å². The van der Waals surface area contributed by atoms with Crippen LogP contribution in [0.25, 0.3) is 0 Å². The number of nitrogens with zero attached hydrogens (tertiary/aromatic N) is 3. The van der Waals surface area contributed by atoms with Gasteiger partial charge in [-0.1, -0.05) is 0 Å². The summed E-state index contributed by atoms with van der Waals surface area (Å²) in [6.45, 7) is 0. The maximum Gasteiger partial charge on any atom is 0.230 e. The molecule has 0 radical (unpaired) electrons. The molecular weight excluding hydrogens is 174 g/mol. The lowest BCUT2D eigenvalue weighted by atomic mass is 10.2. The molecule has 1 aliphatic heterocycles. The molecule has 1 amide bonds. The van der Waals surface area contributed by atoms with Crippen LogP contribution in [-0.2, 0) is 4.79 Å².